The molecular formula is C19H30N4O. The van der Waals surface area contributed by atoms with Crippen LogP contribution < -0.4 is 10.6 Å². The van der Waals surface area contributed by atoms with Crippen molar-refractivity contribution in [3.63, 3.8) is 0 Å². The van der Waals surface area contributed by atoms with E-state index >= 15 is 0 Å². The molecule has 5 heteroatoms. The Kier molecular flexibility index (Phi) is 6.23. The van der Waals surface area contributed by atoms with Gasteiger partial charge in [0, 0.05) is 37.8 Å². The predicted molar refractivity (Wildman–Crippen MR) is 99.3 cm³/mol. The number of benzene rings is 1. The zero-order chi connectivity index (χ0) is 17.6. The van der Waals surface area contributed by atoms with Crippen LogP contribution in [0.1, 0.15) is 56.0 Å². The molecule has 2 rings (SSSR count). The second kappa shape index (κ2) is 8.18. The van der Waals surface area contributed by atoms with Crippen LogP contribution >= 0.6 is 0 Å². The molecule has 1 aliphatic rings. The number of amides is 1. The SMILES string of the molecule is CN=C(NCc1ccc(C(=O)N2CCCCC2)cc1)NC(C)(C)C. The molecule has 132 valence electrons. The van der Waals surface area contributed by atoms with Crippen LogP contribution in [0.3, 0.4) is 0 Å². The van der Waals surface area contributed by atoms with Gasteiger partial charge in [0.05, 0.1) is 0 Å². The smallest absolute Gasteiger partial charge is 0.253 e. The Morgan fingerprint density at radius 1 is 1.12 bits per heavy atom. The molecular weight excluding hydrogens is 300 g/mol. The molecule has 5 nitrogen and oxygen atoms in total. The quantitative estimate of drug-likeness (QED) is 0.662. The molecule has 0 aromatic heterocycles. The number of rotatable bonds is 3. The number of hydrogen-bond donors (Lipinski definition) is 2. The first-order chi connectivity index (χ1) is 11.4. The molecule has 0 aliphatic carbocycles. The van der Waals surface area contributed by atoms with Gasteiger partial charge in [0.1, 0.15) is 0 Å². The van der Waals surface area contributed by atoms with Crippen LogP contribution in [0.2, 0.25) is 0 Å². The molecule has 0 bridgehead atoms. The molecule has 24 heavy (non-hydrogen) atoms. The van der Waals surface area contributed by atoms with E-state index in [0.717, 1.165) is 43.0 Å². The van der Waals surface area contributed by atoms with E-state index in [0.29, 0.717) is 6.54 Å². The van der Waals surface area contributed by atoms with Crippen LogP contribution in [0.4, 0.5) is 0 Å². The van der Waals surface area contributed by atoms with E-state index in [1.54, 1.807) is 7.05 Å². The highest BCUT2D eigenvalue weighted by molar-refractivity contribution is 5.94. The van der Waals surface area contributed by atoms with Crippen LogP contribution in [0.15, 0.2) is 29.3 Å². The van der Waals surface area contributed by atoms with Gasteiger partial charge in [-0.05, 0) is 57.7 Å². The molecule has 1 aromatic carbocycles. The first-order valence-electron chi connectivity index (χ1n) is 8.76. The summed E-state index contributed by atoms with van der Waals surface area (Å²) in [4.78, 5) is 18.7. The van der Waals surface area contributed by atoms with E-state index in [1.807, 2.05) is 29.2 Å². The first-order valence-corrected chi connectivity index (χ1v) is 8.76. The number of likely N-dealkylation sites (tertiary alicyclic amines) is 1. The van der Waals surface area contributed by atoms with Crippen LogP contribution in [0.25, 0.3) is 0 Å². The monoisotopic (exact) mass is 330 g/mol. The number of hydrogen-bond acceptors (Lipinski definition) is 2. The lowest BCUT2D eigenvalue weighted by Gasteiger charge is -2.26. The number of carbonyl (C=O) groups excluding carboxylic acids is 1. The lowest BCUT2D eigenvalue weighted by molar-refractivity contribution is 0.0724. The highest BCUT2D eigenvalue weighted by atomic mass is 16.2. The van der Waals surface area contributed by atoms with Gasteiger partial charge in [-0.3, -0.25) is 9.79 Å². The molecule has 1 fully saturated rings. The summed E-state index contributed by atoms with van der Waals surface area (Å²) >= 11 is 0. The fourth-order valence-corrected chi connectivity index (χ4v) is 2.76. The van der Waals surface area contributed by atoms with Crippen molar-refractivity contribution in [1.29, 1.82) is 0 Å². The van der Waals surface area contributed by atoms with Crippen molar-refractivity contribution in [2.75, 3.05) is 20.1 Å². The van der Waals surface area contributed by atoms with Crippen LogP contribution in [-0.2, 0) is 6.54 Å². The summed E-state index contributed by atoms with van der Waals surface area (Å²) in [5, 5.41) is 6.62. The van der Waals surface area contributed by atoms with Gasteiger partial charge in [-0.25, -0.2) is 0 Å². The van der Waals surface area contributed by atoms with Crippen molar-refractivity contribution >= 4 is 11.9 Å². The molecule has 1 heterocycles. The zero-order valence-corrected chi connectivity index (χ0v) is 15.4. The van der Waals surface area contributed by atoms with Gasteiger partial charge >= 0.3 is 0 Å². The fraction of sp³-hybridized carbons (Fsp3) is 0.579. The van der Waals surface area contributed by atoms with Crippen LogP contribution in [0.5, 0.6) is 0 Å². The van der Waals surface area contributed by atoms with Crippen LogP contribution in [-0.4, -0.2) is 42.4 Å². The maximum atomic E-state index is 12.5. The largest absolute Gasteiger partial charge is 0.352 e. The predicted octanol–water partition coefficient (Wildman–Crippen LogP) is 2.78. The maximum Gasteiger partial charge on any atom is 0.253 e. The topological polar surface area (TPSA) is 56.7 Å². The molecule has 0 unspecified atom stereocenters. The summed E-state index contributed by atoms with van der Waals surface area (Å²) in [6, 6.07) is 7.87. The summed E-state index contributed by atoms with van der Waals surface area (Å²) in [7, 11) is 1.77. The number of carbonyl (C=O) groups is 1. The van der Waals surface area contributed by atoms with Gasteiger partial charge in [-0.15, -0.1) is 0 Å². The summed E-state index contributed by atoms with van der Waals surface area (Å²) < 4.78 is 0. The number of guanidine groups is 1. The van der Waals surface area contributed by atoms with Crippen molar-refractivity contribution in [3.8, 4) is 0 Å². The van der Waals surface area contributed by atoms with Gasteiger partial charge in [0.2, 0.25) is 0 Å². The maximum absolute atomic E-state index is 12.5. The normalized spacial score (nSPS) is 16.0. The van der Waals surface area contributed by atoms with E-state index in [4.69, 9.17) is 0 Å². The number of nitrogens with one attached hydrogen (secondary N) is 2. The van der Waals surface area contributed by atoms with E-state index in [1.165, 1.54) is 6.42 Å². The van der Waals surface area contributed by atoms with Gasteiger partial charge in [-0.2, -0.15) is 0 Å². The van der Waals surface area contributed by atoms with E-state index < -0.39 is 0 Å². The third kappa shape index (κ3) is 5.55. The Morgan fingerprint density at radius 3 is 2.29 bits per heavy atom. The Labute approximate surface area is 145 Å². The van der Waals surface area contributed by atoms with Crippen molar-refractivity contribution in [2.24, 2.45) is 4.99 Å². The van der Waals surface area contributed by atoms with Gasteiger partial charge in [0.25, 0.3) is 5.91 Å². The Bertz CT molecular complexity index is 566. The Balaban J connectivity index is 1.90. The molecule has 0 radical (unpaired) electrons. The fourth-order valence-electron chi connectivity index (χ4n) is 2.76. The summed E-state index contributed by atoms with van der Waals surface area (Å²) in [5.41, 5.74) is 1.87. The molecule has 0 atom stereocenters. The van der Waals surface area contributed by atoms with Crippen molar-refractivity contribution < 1.29 is 4.79 Å². The molecule has 1 aliphatic heterocycles. The third-order valence-electron chi connectivity index (χ3n) is 4.02. The Hall–Kier alpha value is -2.04. The third-order valence-corrected chi connectivity index (χ3v) is 4.02. The average Bonchev–Trinajstić information content (AvgIpc) is 2.58. The van der Waals surface area contributed by atoms with E-state index in [9.17, 15) is 4.79 Å². The Morgan fingerprint density at radius 2 is 1.75 bits per heavy atom. The summed E-state index contributed by atoms with van der Waals surface area (Å²) in [5.74, 6) is 0.926. The first kappa shape index (κ1) is 18.3. The number of piperidine rings is 1. The number of aliphatic imine (C=N–C) groups is 1. The second-order valence-electron chi connectivity index (χ2n) is 7.35. The molecule has 0 spiro atoms. The van der Waals surface area contributed by atoms with Crippen LogP contribution in [0, 0.1) is 0 Å². The van der Waals surface area contributed by atoms with Gasteiger partial charge in [-0.1, -0.05) is 12.1 Å². The van der Waals surface area contributed by atoms with Crippen molar-refractivity contribution in [1.82, 2.24) is 15.5 Å². The number of nitrogens with zero attached hydrogens (tertiary/aromatic N) is 2. The van der Waals surface area contributed by atoms with Gasteiger partial charge in [0.15, 0.2) is 5.96 Å². The molecule has 2 N–H and O–H groups in total. The lowest BCUT2D eigenvalue weighted by atomic mass is 10.1. The standard InChI is InChI=1S/C19H30N4O/c1-19(2,3)22-18(20-4)21-14-15-8-10-16(11-9-15)17(24)23-12-6-5-7-13-23/h8-11H,5-7,12-14H2,1-4H3,(H2,20,21,22). The highest BCUT2D eigenvalue weighted by Gasteiger charge is 2.18. The second-order valence-corrected chi connectivity index (χ2v) is 7.35. The lowest BCUT2D eigenvalue weighted by Crippen LogP contribution is -2.47. The summed E-state index contributed by atoms with van der Waals surface area (Å²) in [6.07, 6.45) is 3.47. The molecule has 1 amide bonds. The zero-order valence-electron chi connectivity index (χ0n) is 15.4. The molecule has 1 aromatic rings. The van der Waals surface area contributed by atoms with Crippen molar-refractivity contribution in [3.05, 3.63) is 35.4 Å². The highest BCUT2D eigenvalue weighted by Crippen LogP contribution is 2.14. The summed E-state index contributed by atoms with van der Waals surface area (Å²) in [6.45, 7) is 8.74. The average molecular weight is 330 g/mol. The van der Waals surface area contributed by atoms with Crippen molar-refractivity contribution in [2.45, 2.75) is 52.1 Å². The molecule has 0 saturated carbocycles. The van der Waals surface area contributed by atoms with E-state index in [2.05, 4.69) is 36.4 Å². The molecule has 1 saturated heterocycles. The van der Waals surface area contributed by atoms with Gasteiger partial charge < -0.3 is 15.5 Å². The van der Waals surface area contributed by atoms with E-state index in [-0.39, 0.29) is 11.4 Å². The minimum atomic E-state index is -0.0352. The minimum absolute atomic E-state index is 0.0352. The minimum Gasteiger partial charge on any atom is -0.352 e.